The van der Waals surface area contributed by atoms with Crippen molar-refractivity contribution < 1.29 is 9.15 Å². The fourth-order valence-electron chi connectivity index (χ4n) is 2.09. The zero-order chi connectivity index (χ0) is 13.2. The number of ether oxygens (including phenoxy) is 1. The quantitative estimate of drug-likeness (QED) is 0.529. The third-order valence-corrected chi connectivity index (χ3v) is 2.92. The summed E-state index contributed by atoms with van der Waals surface area (Å²) in [7, 11) is 0. The Balaban J connectivity index is 2.38. The second-order valence-corrected chi connectivity index (χ2v) is 4.16. The van der Waals surface area contributed by atoms with Gasteiger partial charge in [0.25, 0.3) is 0 Å². The molecule has 19 heavy (non-hydrogen) atoms. The van der Waals surface area contributed by atoms with Crippen molar-refractivity contribution in [3.05, 3.63) is 65.3 Å². The molecule has 0 aliphatic rings. The second kappa shape index (κ2) is 4.61. The van der Waals surface area contributed by atoms with Gasteiger partial charge in [-0.3, -0.25) is 4.79 Å². The SMILES string of the molecule is C=CCOc1cccc2oc3ccccc3c(=O)c12. The minimum absolute atomic E-state index is 0.0727. The van der Waals surface area contributed by atoms with E-state index < -0.39 is 0 Å². The van der Waals surface area contributed by atoms with Crippen molar-refractivity contribution in [2.45, 2.75) is 0 Å². The van der Waals surface area contributed by atoms with E-state index in [1.54, 1.807) is 36.4 Å². The molecule has 3 aromatic rings. The lowest BCUT2D eigenvalue weighted by atomic mass is 10.1. The fourth-order valence-corrected chi connectivity index (χ4v) is 2.09. The Morgan fingerprint density at radius 2 is 1.89 bits per heavy atom. The molecule has 3 heteroatoms. The summed E-state index contributed by atoms with van der Waals surface area (Å²) in [5.74, 6) is 0.525. The van der Waals surface area contributed by atoms with Gasteiger partial charge in [-0.1, -0.05) is 30.9 Å². The van der Waals surface area contributed by atoms with Crippen molar-refractivity contribution in [1.29, 1.82) is 0 Å². The Labute approximate surface area is 109 Å². The minimum Gasteiger partial charge on any atom is -0.489 e. The number of benzene rings is 2. The molecule has 0 atom stereocenters. The summed E-state index contributed by atoms with van der Waals surface area (Å²) in [5.41, 5.74) is 1.04. The number of hydrogen-bond acceptors (Lipinski definition) is 3. The van der Waals surface area contributed by atoms with Gasteiger partial charge in [0.1, 0.15) is 28.9 Å². The van der Waals surface area contributed by atoms with E-state index in [2.05, 4.69) is 6.58 Å². The molecule has 0 saturated carbocycles. The standard InChI is InChI=1S/C16H12O3/c1-2-10-18-13-8-5-9-14-15(13)16(17)11-6-3-4-7-12(11)19-14/h2-9H,1,10H2. The van der Waals surface area contributed by atoms with Crippen LogP contribution >= 0.6 is 0 Å². The summed E-state index contributed by atoms with van der Waals surface area (Å²) >= 11 is 0. The molecule has 0 radical (unpaired) electrons. The third-order valence-electron chi connectivity index (χ3n) is 2.92. The molecule has 0 amide bonds. The van der Waals surface area contributed by atoms with E-state index in [1.165, 1.54) is 0 Å². The molecule has 0 spiro atoms. The fraction of sp³-hybridized carbons (Fsp3) is 0.0625. The highest BCUT2D eigenvalue weighted by Gasteiger charge is 2.11. The maximum absolute atomic E-state index is 12.5. The first-order valence-corrected chi connectivity index (χ1v) is 5.99. The van der Waals surface area contributed by atoms with Crippen LogP contribution in [0.3, 0.4) is 0 Å². The highest BCUT2D eigenvalue weighted by molar-refractivity contribution is 5.93. The Hall–Kier alpha value is -2.55. The molecule has 0 saturated heterocycles. The van der Waals surface area contributed by atoms with Gasteiger partial charge in [-0.2, -0.15) is 0 Å². The van der Waals surface area contributed by atoms with Crippen LogP contribution < -0.4 is 10.2 Å². The molecule has 0 aliphatic heterocycles. The Morgan fingerprint density at radius 3 is 2.74 bits per heavy atom. The summed E-state index contributed by atoms with van der Waals surface area (Å²) in [5, 5.41) is 1.03. The van der Waals surface area contributed by atoms with E-state index in [-0.39, 0.29) is 5.43 Å². The molecule has 0 aliphatic carbocycles. The van der Waals surface area contributed by atoms with Gasteiger partial charge < -0.3 is 9.15 Å². The van der Waals surface area contributed by atoms with Crippen LogP contribution in [0.25, 0.3) is 21.9 Å². The van der Waals surface area contributed by atoms with Crippen LogP contribution in [-0.4, -0.2) is 6.61 Å². The Morgan fingerprint density at radius 1 is 1.11 bits per heavy atom. The highest BCUT2D eigenvalue weighted by Crippen LogP contribution is 2.25. The van der Waals surface area contributed by atoms with E-state index in [0.717, 1.165) is 0 Å². The molecule has 2 aromatic carbocycles. The first-order valence-electron chi connectivity index (χ1n) is 5.99. The summed E-state index contributed by atoms with van der Waals surface area (Å²) in [4.78, 5) is 12.5. The van der Waals surface area contributed by atoms with Gasteiger partial charge in [0.05, 0.1) is 5.39 Å². The van der Waals surface area contributed by atoms with Gasteiger partial charge in [0.15, 0.2) is 0 Å². The second-order valence-electron chi connectivity index (χ2n) is 4.16. The van der Waals surface area contributed by atoms with E-state index in [9.17, 15) is 4.79 Å². The normalized spacial score (nSPS) is 10.7. The van der Waals surface area contributed by atoms with Crippen LogP contribution in [0.1, 0.15) is 0 Å². The van der Waals surface area contributed by atoms with Crippen molar-refractivity contribution >= 4 is 21.9 Å². The molecule has 1 aromatic heterocycles. The van der Waals surface area contributed by atoms with Gasteiger partial charge >= 0.3 is 0 Å². The first kappa shape index (κ1) is 11.5. The van der Waals surface area contributed by atoms with Crippen LogP contribution in [0.2, 0.25) is 0 Å². The maximum atomic E-state index is 12.5. The van der Waals surface area contributed by atoms with Crippen LogP contribution in [-0.2, 0) is 0 Å². The molecular formula is C16H12O3. The monoisotopic (exact) mass is 252 g/mol. The molecule has 94 valence electrons. The summed E-state index contributed by atoms with van der Waals surface area (Å²) in [6, 6.07) is 12.5. The molecule has 0 N–H and O–H groups in total. The average Bonchev–Trinajstić information content (AvgIpc) is 2.45. The summed E-state index contributed by atoms with van der Waals surface area (Å²) < 4.78 is 11.3. The summed E-state index contributed by atoms with van der Waals surface area (Å²) in [6.07, 6.45) is 1.64. The lowest BCUT2D eigenvalue weighted by Crippen LogP contribution is -2.05. The molecule has 0 bridgehead atoms. The van der Waals surface area contributed by atoms with Crippen molar-refractivity contribution in [2.75, 3.05) is 6.61 Å². The van der Waals surface area contributed by atoms with E-state index in [4.69, 9.17) is 9.15 Å². The van der Waals surface area contributed by atoms with E-state index in [0.29, 0.717) is 34.3 Å². The molecule has 3 nitrogen and oxygen atoms in total. The van der Waals surface area contributed by atoms with Crippen molar-refractivity contribution in [1.82, 2.24) is 0 Å². The van der Waals surface area contributed by atoms with Gasteiger partial charge in [-0.25, -0.2) is 0 Å². The predicted molar refractivity (Wildman–Crippen MR) is 75.7 cm³/mol. The number of rotatable bonds is 3. The Bertz CT molecular complexity index is 815. The molecular weight excluding hydrogens is 240 g/mol. The largest absolute Gasteiger partial charge is 0.489 e. The van der Waals surface area contributed by atoms with Crippen molar-refractivity contribution in [2.24, 2.45) is 0 Å². The van der Waals surface area contributed by atoms with Gasteiger partial charge in [-0.15, -0.1) is 0 Å². The topological polar surface area (TPSA) is 39.4 Å². The summed E-state index contributed by atoms with van der Waals surface area (Å²) in [6.45, 7) is 3.95. The van der Waals surface area contributed by atoms with Gasteiger partial charge in [0.2, 0.25) is 5.43 Å². The Kier molecular flexibility index (Phi) is 2.80. The predicted octanol–water partition coefficient (Wildman–Crippen LogP) is 3.51. The van der Waals surface area contributed by atoms with Gasteiger partial charge in [0, 0.05) is 0 Å². The highest BCUT2D eigenvalue weighted by atomic mass is 16.5. The minimum atomic E-state index is -0.0727. The number of para-hydroxylation sites is 1. The number of hydrogen-bond donors (Lipinski definition) is 0. The molecule has 0 fully saturated rings. The zero-order valence-electron chi connectivity index (χ0n) is 10.3. The molecule has 0 unspecified atom stereocenters. The maximum Gasteiger partial charge on any atom is 0.204 e. The van der Waals surface area contributed by atoms with E-state index in [1.807, 2.05) is 12.1 Å². The van der Waals surface area contributed by atoms with Crippen LogP contribution in [0, 0.1) is 0 Å². The van der Waals surface area contributed by atoms with Crippen LogP contribution in [0.15, 0.2) is 64.3 Å². The smallest absolute Gasteiger partial charge is 0.204 e. The van der Waals surface area contributed by atoms with Crippen LogP contribution in [0.5, 0.6) is 5.75 Å². The first-order chi connectivity index (χ1) is 9.31. The molecule has 1 heterocycles. The van der Waals surface area contributed by atoms with Gasteiger partial charge in [-0.05, 0) is 24.3 Å². The van der Waals surface area contributed by atoms with E-state index >= 15 is 0 Å². The lowest BCUT2D eigenvalue weighted by Gasteiger charge is -2.07. The number of fused-ring (bicyclic) bond motifs is 2. The van der Waals surface area contributed by atoms with Crippen molar-refractivity contribution in [3.63, 3.8) is 0 Å². The zero-order valence-corrected chi connectivity index (χ0v) is 10.3. The van der Waals surface area contributed by atoms with Crippen molar-refractivity contribution in [3.8, 4) is 5.75 Å². The lowest BCUT2D eigenvalue weighted by molar-refractivity contribution is 0.367. The van der Waals surface area contributed by atoms with Crippen LogP contribution in [0.4, 0.5) is 0 Å². The average molecular weight is 252 g/mol. The third kappa shape index (κ3) is 1.89. The molecule has 3 rings (SSSR count).